The summed E-state index contributed by atoms with van der Waals surface area (Å²) in [6.07, 6.45) is -0.156. The zero-order valence-corrected chi connectivity index (χ0v) is 16.3. The Kier molecular flexibility index (Phi) is 4.34. The maximum Gasteiger partial charge on any atom is 0.265 e. The molecule has 0 spiro atoms. The van der Waals surface area contributed by atoms with Gasteiger partial charge in [0.1, 0.15) is 0 Å². The number of hydrogen-bond donors (Lipinski definition) is 0. The van der Waals surface area contributed by atoms with E-state index in [1.165, 1.54) is 9.87 Å². The van der Waals surface area contributed by atoms with Gasteiger partial charge in [-0.25, -0.2) is 8.42 Å². The first-order valence-corrected chi connectivity index (χ1v) is 11.0. The molecule has 3 aromatic carbocycles. The smallest absolute Gasteiger partial charge is 0.265 e. The van der Waals surface area contributed by atoms with E-state index in [2.05, 4.69) is 17.0 Å². The van der Waals surface area contributed by atoms with Gasteiger partial charge in [0.05, 0.1) is 29.8 Å². The summed E-state index contributed by atoms with van der Waals surface area (Å²) in [5.74, 6) is 0. The molecule has 5 nitrogen and oxygen atoms in total. The lowest BCUT2D eigenvalue weighted by molar-refractivity contribution is -0.0254. The maximum atomic E-state index is 13.2. The molecule has 0 amide bonds. The summed E-state index contributed by atoms with van der Waals surface area (Å²) in [5, 5.41) is 1.78. The van der Waals surface area contributed by atoms with Crippen LogP contribution in [0, 0.1) is 0 Å². The van der Waals surface area contributed by atoms with Crippen LogP contribution in [0.4, 0.5) is 5.69 Å². The van der Waals surface area contributed by atoms with Crippen LogP contribution in [0.3, 0.4) is 0 Å². The molecule has 0 aliphatic carbocycles. The molecule has 2 heterocycles. The lowest BCUT2D eigenvalue weighted by atomic mass is 10.1. The maximum absolute atomic E-state index is 13.2. The van der Waals surface area contributed by atoms with E-state index in [1.54, 1.807) is 12.1 Å². The van der Waals surface area contributed by atoms with Crippen molar-refractivity contribution in [2.24, 2.45) is 0 Å². The molecule has 5 rings (SSSR count). The van der Waals surface area contributed by atoms with Gasteiger partial charge in [0, 0.05) is 25.0 Å². The zero-order valence-electron chi connectivity index (χ0n) is 15.5. The molecule has 1 atom stereocenters. The average molecular weight is 394 g/mol. The Hall–Kier alpha value is -2.41. The standard InChI is InChI=1S/C22H22N2O3S/c25-28(26)21-11-5-9-18-8-4-10-20(22(18)21)24(28)16-19-15-23(12-13-27-19)14-17-6-2-1-3-7-17/h1-11,19H,12-16H2/t19-/m0/s1. The van der Waals surface area contributed by atoms with Crippen LogP contribution in [0.1, 0.15) is 5.56 Å². The highest BCUT2D eigenvalue weighted by atomic mass is 32.2. The molecule has 2 aliphatic rings. The predicted octanol–water partition coefficient (Wildman–Crippen LogP) is 3.25. The predicted molar refractivity (Wildman–Crippen MR) is 110 cm³/mol. The molecule has 28 heavy (non-hydrogen) atoms. The van der Waals surface area contributed by atoms with Crippen molar-refractivity contribution in [1.82, 2.24) is 4.90 Å². The summed E-state index contributed by atoms with van der Waals surface area (Å²) in [6.45, 7) is 3.37. The minimum Gasteiger partial charge on any atom is -0.374 e. The fourth-order valence-corrected chi connectivity index (χ4v) is 5.96. The highest BCUT2D eigenvalue weighted by Crippen LogP contribution is 2.42. The summed E-state index contributed by atoms with van der Waals surface area (Å²) in [6, 6.07) is 21.6. The van der Waals surface area contributed by atoms with Crippen LogP contribution >= 0.6 is 0 Å². The van der Waals surface area contributed by atoms with Crippen molar-refractivity contribution in [3.05, 3.63) is 72.3 Å². The Labute approximate surface area is 165 Å². The SMILES string of the molecule is O=S1(=O)c2cccc3cccc(c23)N1C[C@@H]1CN(Cc2ccccc2)CCO1. The Bertz CT molecular complexity index is 1110. The summed E-state index contributed by atoms with van der Waals surface area (Å²) in [4.78, 5) is 2.73. The van der Waals surface area contributed by atoms with E-state index in [4.69, 9.17) is 4.74 Å². The number of morpholine rings is 1. The van der Waals surface area contributed by atoms with Gasteiger partial charge in [-0.1, -0.05) is 54.6 Å². The first kappa shape index (κ1) is 17.7. The molecular formula is C22H22N2O3S. The van der Waals surface area contributed by atoms with E-state index >= 15 is 0 Å². The Balaban J connectivity index is 1.38. The van der Waals surface area contributed by atoms with Crippen molar-refractivity contribution < 1.29 is 13.2 Å². The number of sulfonamides is 1. The second-order valence-corrected chi connectivity index (χ2v) is 9.21. The minimum absolute atomic E-state index is 0.156. The number of benzene rings is 3. The largest absolute Gasteiger partial charge is 0.374 e. The third-order valence-corrected chi connectivity index (χ3v) is 7.34. The van der Waals surface area contributed by atoms with Gasteiger partial charge < -0.3 is 4.74 Å². The van der Waals surface area contributed by atoms with Crippen molar-refractivity contribution in [2.45, 2.75) is 17.5 Å². The summed E-state index contributed by atoms with van der Waals surface area (Å²) in [5.41, 5.74) is 2.02. The number of anilines is 1. The van der Waals surface area contributed by atoms with Gasteiger partial charge >= 0.3 is 0 Å². The lowest BCUT2D eigenvalue weighted by Crippen LogP contribution is -2.47. The zero-order chi connectivity index (χ0) is 19.1. The topological polar surface area (TPSA) is 49.9 Å². The molecule has 0 N–H and O–H groups in total. The average Bonchev–Trinajstić information content (AvgIpc) is 2.93. The first-order valence-electron chi connectivity index (χ1n) is 9.55. The molecule has 0 saturated carbocycles. The van der Waals surface area contributed by atoms with Crippen LogP contribution in [-0.4, -0.2) is 45.7 Å². The van der Waals surface area contributed by atoms with Crippen molar-refractivity contribution in [3.63, 3.8) is 0 Å². The van der Waals surface area contributed by atoms with Gasteiger partial charge in [-0.15, -0.1) is 0 Å². The first-order chi connectivity index (χ1) is 13.6. The molecule has 6 heteroatoms. The Morgan fingerprint density at radius 2 is 1.75 bits per heavy atom. The molecule has 0 bridgehead atoms. The van der Waals surface area contributed by atoms with Crippen LogP contribution in [0.2, 0.25) is 0 Å². The van der Waals surface area contributed by atoms with E-state index in [0.717, 1.165) is 29.5 Å². The Morgan fingerprint density at radius 3 is 2.57 bits per heavy atom. The van der Waals surface area contributed by atoms with Gasteiger partial charge in [0.15, 0.2) is 0 Å². The second-order valence-electron chi connectivity index (χ2n) is 7.38. The van der Waals surface area contributed by atoms with Crippen molar-refractivity contribution in [1.29, 1.82) is 0 Å². The fraction of sp³-hybridized carbons (Fsp3) is 0.273. The van der Waals surface area contributed by atoms with E-state index in [0.29, 0.717) is 24.6 Å². The van der Waals surface area contributed by atoms with Crippen LogP contribution < -0.4 is 4.31 Å². The Morgan fingerprint density at radius 1 is 0.964 bits per heavy atom. The molecule has 1 fully saturated rings. The molecule has 1 saturated heterocycles. The molecule has 0 aromatic heterocycles. The van der Waals surface area contributed by atoms with E-state index in [-0.39, 0.29) is 6.10 Å². The molecule has 0 unspecified atom stereocenters. The summed E-state index contributed by atoms with van der Waals surface area (Å²) < 4.78 is 33.8. The number of nitrogens with zero attached hydrogens (tertiary/aromatic N) is 2. The van der Waals surface area contributed by atoms with Gasteiger partial charge in [-0.2, -0.15) is 0 Å². The molecule has 0 radical (unpaired) electrons. The van der Waals surface area contributed by atoms with Gasteiger partial charge in [0.25, 0.3) is 10.0 Å². The number of hydrogen-bond acceptors (Lipinski definition) is 4. The normalized spacial score (nSPS) is 21.3. The molecule has 144 valence electrons. The van der Waals surface area contributed by atoms with E-state index < -0.39 is 10.0 Å². The molecule has 3 aromatic rings. The van der Waals surface area contributed by atoms with Crippen LogP contribution in [-0.2, 0) is 21.3 Å². The van der Waals surface area contributed by atoms with Gasteiger partial charge in [-0.05, 0) is 23.1 Å². The van der Waals surface area contributed by atoms with E-state index in [9.17, 15) is 8.42 Å². The van der Waals surface area contributed by atoms with Crippen molar-refractivity contribution >= 4 is 26.5 Å². The molecular weight excluding hydrogens is 372 g/mol. The number of rotatable bonds is 4. The number of ether oxygens (including phenoxy) is 1. The van der Waals surface area contributed by atoms with E-state index in [1.807, 2.05) is 42.5 Å². The van der Waals surface area contributed by atoms with Gasteiger partial charge in [0.2, 0.25) is 0 Å². The second kappa shape index (κ2) is 6.88. The summed E-state index contributed by atoms with van der Waals surface area (Å²) in [7, 11) is -3.54. The minimum atomic E-state index is -3.54. The van der Waals surface area contributed by atoms with Crippen molar-refractivity contribution in [3.8, 4) is 0 Å². The monoisotopic (exact) mass is 394 g/mol. The van der Waals surface area contributed by atoms with Crippen LogP contribution in [0.5, 0.6) is 0 Å². The van der Waals surface area contributed by atoms with Crippen LogP contribution in [0.15, 0.2) is 71.6 Å². The highest BCUT2D eigenvalue weighted by Gasteiger charge is 2.37. The lowest BCUT2D eigenvalue weighted by Gasteiger charge is -2.35. The summed E-state index contributed by atoms with van der Waals surface area (Å²) >= 11 is 0. The third-order valence-electron chi connectivity index (χ3n) is 5.52. The van der Waals surface area contributed by atoms with Crippen molar-refractivity contribution in [2.75, 3.05) is 30.5 Å². The quantitative estimate of drug-likeness (QED) is 0.682. The highest BCUT2D eigenvalue weighted by molar-refractivity contribution is 7.93. The van der Waals surface area contributed by atoms with Crippen LogP contribution in [0.25, 0.3) is 10.8 Å². The third kappa shape index (κ3) is 2.98. The molecule has 2 aliphatic heterocycles. The fourth-order valence-electron chi connectivity index (χ4n) is 4.22. The van der Waals surface area contributed by atoms with Gasteiger partial charge in [-0.3, -0.25) is 9.21 Å².